The van der Waals surface area contributed by atoms with Gasteiger partial charge in [-0.25, -0.2) is 13.2 Å². The van der Waals surface area contributed by atoms with Gasteiger partial charge in [0.1, 0.15) is 29.3 Å². The summed E-state index contributed by atoms with van der Waals surface area (Å²) < 4.78 is 47.1. The minimum Gasteiger partial charge on any atom is -0.487 e. The summed E-state index contributed by atoms with van der Waals surface area (Å²) in [6.45, 7) is 0.0265. The van der Waals surface area contributed by atoms with Crippen LogP contribution in [0.3, 0.4) is 0 Å². The molecule has 4 rings (SSSR count). The molecule has 1 atom stereocenters. The number of carbonyl (C=O) groups is 1. The molecule has 3 aromatic rings. The van der Waals surface area contributed by atoms with E-state index in [0.29, 0.717) is 11.3 Å². The number of hydrogen-bond donors (Lipinski definition) is 1. The van der Waals surface area contributed by atoms with Gasteiger partial charge in [0.05, 0.1) is 12.1 Å². The normalized spacial score (nSPS) is 15.0. The average molecular weight is 384 g/mol. The Morgan fingerprint density at radius 2 is 1.82 bits per heavy atom. The molecule has 142 valence electrons. The molecule has 4 nitrogen and oxygen atoms in total. The molecular weight excluding hydrogens is 369 g/mol. The van der Waals surface area contributed by atoms with Crippen molar-refractivity contribution in [2.45, 2.75) is 12.5 Å². The summed E-state index contributed by atoms with van der Waals surface area (Å²) in [5, 5.41) is 2.52. The van der Waals surface area contributed by atoms with Gasteiger partial charge in [0.2, 0.25) is 0 Å². The van der Waals surface area contributed by atoms with Crippen molar-refractivity contribution in [3.8, 4) is 16.9 Å². The van der Waals surface area contributed by atoms with Crippen LogP contribution < -0.4 is 10.1 Å². The van der Waals surface area contributed by atoms with Gasteiger partial charge in [-0.05, 0) is 48.0 Å². The molecule has 1 aliphatic heterocycles. The van der Waals surface area contributed by atoms with Crippen molar-refractivity contribution < 1.29 is 22.7 Å². The highest BCUT2D eigenvalue weighted by molar-refractivity contribution is 5.94. The number of rotatable bonds is 4. The van der Waals surface area contributed by atoms with Crippen molar-refractivity contribution in [1.82, 2.24) is 10.3 Å². The fourth-order valence-corrected chi connectivity index (χ4v) is 3.21. The number of carbonyl (C=O) groups excluding carboxylic acids is 1. The maximum atomic E-state index is 14.3. The van der Waals surface area contributed by atoms with E-state index in [0.717, 1.165) is 29.3 Å². The first kappa shape index (κ1) is 18.0. The van der Waals surface area contributed by atoms with Crippen LogP contribution in [0.15, 0.2) is 54.9 Å². The highest BCUT2D eigenvalue weighted by Crippen LogP contribution is 2.40. The zero-order valence-corrected chi connectivity index (χ0v) is 14.6. The molecule has 2 aromatic carbocycles. The second-order valence-electron chi connectivity index (χ2n) is 6.42. The van der Waals surface area contributed by atoms with Crippen LogP contribution in [0.5, 0.6) is 5.75 Å². The van der Waals surface area contributed by atoms with E-state index in [-0.39, 0.29) is 18.5 Å². The monoisotopic (exact) mass is 384 g/mol. The highest BCUT2D eigenvalue weighted by atomic mass is 19.1. The Bertz CT molecular complexity index is 1040. The molecule has 0 fully saturated rings. The third kappa shape index (κ3) is 3.43. The molecule has 0 spiro atoms. The van der Waals surface area contributed by atoms with Crippen molar-refractivity contribution in [3.05, 3.63) is 83.4 Å². The number of amides is 1. The number of fused-ring (bicyclic) bond motifs is 1. The molecule has 1 aromatic heterocycles. The molecule has 1 N–H and O–H groups in total. The van der Waals surface area contributed by atoms with Crippen LogP contribution in [-0.4, -0.2) is 23.5 Å². The first-order valence-electron chi connectivity index (χ1n) is 8.64. The molecule has 0 saturated carbocycles. The van der Waals surface area contributed by atoms with Gasteiger partial charge in [-0.15, -0.1) is 0 Å². The van der Waals surface area contributed by atoms with Gasteiger partial charge in [0.25, 0.3) is 5.91 Å². The van der Waals surface area contributed by atoms with E-state index < -0.39 is 29.5 Å². The topological polar surface area (TPSA) is 51.2 Å². The first-order valence-corrected chi connectivity index (χ1v) is 8.64. The predicted octanol–water partition coefficient (Wildman–Crippen LogP) is 3.90. The van der Waals surface area contributed by atoms with E-state index in [9.17, 15) is 18.0 Å². The molecule has 0 saturated heterocycles. The number of benzene rings is 2. The Morgan fingerprint density at radius 3 is 2.61 bits per heavy atom. The van der Waals surface area contributed by atoms with E-state index in [2.05, 4.69) is 10.3 Å². The van der Waals surface area contributed by atoms with Crippen molar-refractivity contribution in [2.24, 2.45) is 0 Å². The Balaban J connectivity index is 1.50. The third-order valence-electron chi connectivity index (χ3n) is 4.57. The second-order valence-corrected chi connectivity index (χ2v) is 6.42. The Hall–Kier alpha value is -3.35. The first-order chi connectivity index (χ1) is 13.5. The van der Waals surface area contributed by atoms with E-state index >= 15 is 0 Å². The molecule has 1 amide bonds. The minimum atomic E-state index is -0.819. The lowest BCUT2D eigenvalue weighted by Gasteiger charge is -2.14. The van der Waals surface area contributed by atoms with Gasteiger partial charge in [-0.1, -0.05) is 0 Å². The zero-order valence-electron chi connectivity index (χ0n) is 14.6. The maximum Gasteiger partial charge on any atom is 0.254 e. The summed E-state index contributed by atoms with van der Waals surface area (Å²) in [5.41, 5.74) is 1.59. The van der Waals surface area contributed by atoms with E-state index in [1.54, 1.807) is 30.6 Å². The van der Waals surface area contributed by atoms with E-state index in [1.165, 1.54) is 6.07 Å². The predicted molar refractivity (Wildman–Crippen MR) is 96.4 cm³/mol. The van der Waals surface area contributed by atoms with Crippen LogP contribution in [0.1, 0.15) is 15.9 Å². The van der Waals surface area contributed by atoms with Gasteiger partial charge in [-0.2, -0.15) is 0 Å². The van der Waals surface area contributed by atoms with Crippen LogP contribution in [0.4, 0.5) is 13.2 Å². The summed E-state index contributed by atoms with van der Waals surface area (Å²) in [7, 11) is 0. The molecule has 0 aliphatic carbocycles. The summed E-state index contributed by atoms with van der Waals surface area (Å²) in [5.74, 6) is -2.26. The Kier molecular flexibility index (Phi) is 4.73. The minimum absolute atomic E-state index is 0.0265. The smallest absolute Gasteiger partial charge is 0.254 e. The molecule has 0 radical (unpaired) electrons. The number of hydrogen-bond acceptors (Lipinski definition) is 3. The number of halogens is 3. The lowest BCUT2D eigenvalue weighted by Crippen LogP contribution is -2.35. The van der Waals surface area contributed by atoms with Gasteiger partial charge >= 0.3 is 0 Å². The van der Waals surface area contributed by atoms with Crippen LogP contribution in [0.2, 0.25) is 0 Å². The SMILES string of the molecule is O=C(NCC1Cc2c(F)ccc(-c3ccncc3)c2O1)c1cc(F)ccc1F. The van der Waals surface area contributed by atoms with E-state index in [1.807, 2.05) is 0 Å². The fraction of sp³-hybridized carbons (Fsp3) is 0.143. The number of nitrogens with zero attached hydrogens (tertiary/aromatic N) is 1. The van der Waals surface area contributed by atoms with E-state index in [4.69, 9.17) is 4.74 Å². The molecule has 2 heterocycles. The maximum absolute atomic E-state index is 14.3. The third-order valence-corrected chi connectivity index (χ3v) is 4.57. The van der Waals surface area contributed by atoms with Crippen molar-refractivity contribution >= 4 is 5.91 Å². The molecular formula is C21H15F3N2O2. The average Bonchev–Trinajstić information content (AvgIpc) is 3.14. The summed E-state index contributed by atoms with van der Waals surface area (Å²) in [4.78, 5) is 16.1. The molecule has 7 heteroatoms. The fourth-order valence-electron chi connectivity index (χ4n) is 3.21. The van der Waals surface area contributed by atoms with Crippen LogP contribution in [-0.2, 0) is 6.42 Å². The Morgan fingerprint density at radius 1 is 1.07 bits per heavy atom. The largest absolute Gasteiger partial charge is 0.487 e. The second kappa shape index (κ2) is 7.34. The quantitative estimate of drug-likeness (QED) is 0.742. The van der Waals surface area contributed by atoms with Gasteiger partial charge in [-0.3, -0.25) is 9.78 Å². The number of aromatic nitrogens is 1. The lowest BCUT2D eigenvalue weighted by molar-refractivity contribution is 0.0929. The number of ether oxygens (including phenoxy) is 1. The van der Waals surface area contributed by atoms with Crippen molar-refractivity contribution in [2.75, 3.05) is 6.54 Å². The van der Waals surface area contributed by atoms with Crippen LogP contribution in [0.25, 0.3) is 11.1 Å². The molecule has 1 unspecified atom stereocenters. The molecule has 0 bridgehead atoms. The van der Waals surface area contributed by atoms with Crippen molar-refractivity contribution in [3.63, 3.8) is 0 Å². The molecule has 28 heavy (non-hydrogen) atoms. The number of nitrogens with one attached hydrogen (secondary N) is 1. The summed E-state index contributed by atoms with van der Waals surface area (Å²) in [6, 6.07) is 9.25. The van der Waals surface area contributed by atoms with Gasteiger partial charge in [0.15, 0.2) is 0 Å². The standard InChI is InChI=1S/C21H15F3N2O2/c22-13-1-3-19(24)17(9-13)21(27)26-11-14-10-16-18(23)4-2-15(20(16)28-14)12-5-7-25-8-6-12/h1-9,14H,10-11H2,(H,26,27). The van der Waals surface area contributed by atoms with Gasteiger partial charge in [0, 0.05) is 29.9 Å². The summed E-state index contributed by atoms with van der Waals surface area (Å²) >= 11 is 0. The lowest BCUT2D eigenvalue weighted by atomic mass is 10.0. The van der Waals surface area contributed by atoms with Crippen LogP contribution >= 0.6 is 0 Å². The summed E-state index contributed by atoms with van der Waals surface area (Å²) in [6.07, 6.45) is 3.00. The van der Waals surface area contributed by atoms with Crippen LogP contribution in [0, 0.1) is 17.5 Å². The van der Waals surface area contributed by atoms with Crippen molar-refractivity contribution in [1.29, 1.82) is 0 Å². The Labute approximate surface area is 159 Å². The molecule has 1 aliphatic rings. The zero-order chi connectivity index (χ0) is 19.7. The van der Waals surface area contributed by atoms with Gasteiger partial charge < -0.3 is 10.1 Å². The highest BCUT2D eigenvalue weighted by Gasteiger charge is 2.29. The number of pyridine rings is 1.